The van der Waals surface area contributed by atoms with Crippen LogP contribution in [-0.4, -0.2) is 39.4 Å². The lowest BCUT2D eigenvalue weighted by molar-refractivity contribution is -0.141. The molecule has 0 radical (unpaired) electrons. The summed E-state index contributed by atoms with van der Waals surface area (Å²) in [4.78, 5) is 13.4. The fourth-order valence-corrected chi connectivity index (χ4v) is 1.84. The summed E-state index contributed by atoms with van der Waals surface area (Å²) in [6, 6.07) is 5.23. The highest BCUT2D eigenvalue weighted by Gasteiger charge is 2.13. The number of ether oxygens (including phenoxy) is 2. The third kappa shape index (κ3) is 5.27. The number of benzene rings is 1. The molecule has 0 amide bonds. The summed E-state index contributed by atoms with van der Waals surface area (Å²) in [6.07, 6.45) is 0. The van der Waals surface area contributed by atoms with Crippen LogP contribution in [0.15, 0.2) is 18.2 Å². The van der Waals surface area contributed by atoms with Crippen LogP contribution >= 0.6 is 23.2 Å². The maximum absolute atomic E-state index is 11.6. The highest BCUT2D eigenvalue weighted by molar-refractivity contribution is 6.42. The van der Waals surface area contributed by atoms with E-state index in [1.807, 2.05) is 11.0 Å². The molecule has 0 N–H and O–H groups in total. The number of nitrogens with zero attached hydrogens (tertiary/aromatic N) is 1. The predicted molar refractivity (Wildman–Crippen MR) is 77.2 cm³/mol. The predicted octanol–water partition coefficient (Wildman–Crippen LogP) is 3.01. The molecule has 106 valence electrons. The minimum Gasteiger partial charge on any atom is -0.465 e. The second-order valence-electron chi connectivity index (χ2n) is 3.82. The second kappa shape index (κ2) is 8.25. The van der Waals surface area contributed by atoms with Crippen LogP contribution in [0.4, 0.5) is 5.69 Å². The van der Waals surface area contributed by atoms with Crippen LogP contribution in [0.2, 0.25) is 10.0 Å². The first kappa shape index (κ1) is 16.1. The average molecular weight is 306 g/mol. The molecule has 4 nitrogen and oxygen atoms in total. The molecule has 0 aliphatic heterocycles. The first-order valence-corrected chi connectivity index (χ1v) is 6.68. The number of methoxy groups -OCH3 is 1. The molecule has 0 aliphatic carbocycles. The second-order valence-corrected chi connectivity index (χ2v) is 4.63. The minimum atomic E-state index is -0.287. The number of carbonyl (C=O) groups excluding carboxylic acids is 1. The van der Waals surface area contributed by atoms with Crippen molar-refractivity contribution in [2.24, 2.45) is 0 Å². The number of rotatable bonds is 7. The van der Waals surface area contributed by atoms with Gasteiger partial charge >= 0.3 is 5.97 Å². The minimum absolute atomic E-state index is 0.148. The van der Waals surface area contributed by atoms with E-state index in [0.29, 0.717) is 29.8 Å². The van der Waals surface area contributed by atoms with E-state index in [1.54, 1.807) is 26.2 Å². The molecule has 0 saturated carbocycles. The van der Waals surface area contributed by atoms with Crippen molar-refractivity contribution in [2.75, 3.05) is 38.3 Å². The Labute approximate surface area is 123 Å². The monoisotopic (exact) mass is 305 g/mol. The summed E-state index contributed by atoms with van der Waals surface area (Å²) < 4.78 is 9.98. The van der Waals surface area contributed by atoms with Gasteiger partial charge in [0, 0.05) is 19.3 Å². The summed E-state index contributed by atoms with van der Waals surface area (Å²) in [6.45, 7) is 3.34. The Morgan fingerprint density at radius 1 is 1.32 bits per heavy atom. The Balaban J connectivity index is 2.82. The Bertz CT molecular complexity index is 426. The highest BCUT2D eigenvalue weighted by atomic mass is 35.5. The Hall–Kier alpha value is -0.970. The zero-order chi connectivity index (χ0) is 14.3. The lowest BCUT2D eigenvalue weighted by Crippen LogP contribution is -2.33. The van der Waals surface area contributed by atoms with Gasteiger partial charge in [0.15, 0.2) is 0 Å². The lowest BCUT2D eigenvalue weighted by atomic mass is 10.3. The molecule has 1 aromatic rings. The summed E-state index contributed by atoms with van der Waals surface area (Å²) in [5, 5.41) is 0.929. The van der Waals surface area contributed by atoms with Crippen molar-refractivity contribution in [1.82, 2.24) is 0 Å². The van der Waals surface area contributed by atoms with Crippen molar-refractivity contribution in [1.29, 1.82) is 0 Å². The quantitative estimate of drug-likeness (QED) is 0.726. The van der Waals surface area contributed by atoms with E-state index in [2.05, 4.69) is 0 Å². The molecule has 0 saturated heterocycles. The molecule has 19 heavy (non-hydrogen) atoms. The van der Waals surface area contributed by atoms with Gasteiger partial charge in [-0.15, -0.1) is 0 Å². The molecule has 0 spiro atoms. The Morgan fingerprint density at radius 2 is 2.05 bits per heavy atom. The maximum atomic E-state index is 11.6. The number of carbonyl (C=O) groups is 1. The number of hydrogen-bond acceptors (Lipinski definition) is 4. The van der Waals surface area contributed by atoms with Gasteiger partial charge in [0.05, 0.1) is 23.3 Å². The fourth-order valence-electron chi connectivity index (χ4n) is 1.55. The zero-order valence-electron chi connectivity index (χ0n) is 11.0. The van der Waals surface area contributed by atoms with Crippen LogP contribution in [0.25, 0.3) is 0 Å². The molecule has 6 heteroatoms. The van der Waals surface area contributed by atoms with E-state index in [9.17, 15) is 4.79 Å². The molecule has 0 aliphatic rings. The first-order valence-electron chi connectivity index (χ1n) is 5.93. The van der Waals surface area contributed by atoms with E-state index in [0.717, 1.165) is 5.69 Å². The van der Waals surface area contributed by atoms with Crippen molar-refractivity contribution in [3.63, 3.8) is 0 Å². The van der Waals surface area contributed by atoms with Gasteiger partial charge in [-0.25, -0.2) is 0 Å². The van der Waals surface area contributed by atoms with Gasteiger partial charge < -0.3 is 14.4 Å². The van der Waals surface area contributed by atoms with E-state index >= 15 is 0 Å². The summed E-state index contributed by atoms with van der Waals surface area (Å²) in [5.74, 6) is -0.287. The SMILES string of the molecule is CCOC(=O)CN(CCOC)c1ccc(Cl)c(Cl)c1. The molecule has 0 heterocycles. The number of hydrogen-bond donors (Lipinski definition) is 0. The van der Waals surface area contributed by atoms with Crippen molar-refractivity contribution in [3.8, 4) is 0 Å². The van der Waals surface area contributed by atoms with Crippen LogP contribution < -0.4 is 4.90 Å². The van der Waals surface area contributed by atoms with Gasteiger partial charge in [-0.1, -0.05) is 23.2 Å². The third-order valence-corrected chi connectivity index (χ3v) is 3.20. The van der Waals surface area contributed by atoms with E-state index in [1.165, 1.54) is 0 Å². The Kier molecular flexibility index (Phi) is 6.99. The normalized spacial score (nSPS) is 10.3. The van der Waals surface area contributed by atoms with Crippen LogP contribution in [0.3, 0.4) is 0 Å². The number of halogens is 2. The van der Waals surface area contributed by atoms with Crippen LogP contribution in [0.1, 0.15) is 6.92 Å². The van der Waals surface area contributed by atoms with Crippen molar-refractivity contribution < 1.29 is 14.3 Å². The number of esters is 1. The average Bonchev–Trinajstić information content (AvgIpc) is 2.38. The molecule has 0 bridgehead atoms. The molecular weight excluding hydrogens is 289 g/mol. The van der Waals surface area contributed by atoms with Crippen LogP contribution in [0, 0.1) is 0 Å². The zero-order valence-corrected chi connectivity index (χ0v) is 12.5. The van der Waals surface area contributed by atoms with Crippen LogP contribution in [-0.2, 0) is 14.3 Å². The van der Waals surface area contributed by atoms with Crippen molar-refractivity contribution in [2.45, 2.75) is 6.92 Å². The summed E-state index contributed by atoms with van der Waals surface area (Å²) in [5.41, 5.74) is 0.805. The van der Waals surface area contributed by atoms with Gasteiger partial charge in [-0.2, -0.15) is 0 Å². The standard InChI is InChI=1S/C13H17Cl2NO3/c1-3-19-13(17)9-16(6-7-18-2)10-4-5-11(14)12(15)8-10/h4-5,8H,3,6-7,9H2,1-2H3. The molecule has 1 rings (SSSR count). The van der Waals surface area contributed by atoms with Gasteiger partial charge in [0.25, 0.3) is 0 Å². The summed E-state index contributed by atoms with van der Waals surface area (Å²) in [7, 11) is 1.61. The maximum Gasteiger partial charge on any atom is 0.325 e. The highest BCUT2D eigenvalue weighted by Crippen LogP contribution is 2.27. The van der Waals surface area contributed by atoms with Crippen molar-refractivity contribution in [3.05, 3.63) is 28.2 Å². The fraction of sp³-hybridized carbons (Fsp3) is 0.462. The first-order chi connectivity index (χ1) is 9.08. The molecule has 1 aromatic carbocycles. The molecular formula is C13H17Cl2NO3. The molecule has 0 aromatic heterocycles. The molecule has 0 unspecified atom stereocenters. The topological polar surface area (TPSA) is 38.8 Å². The van der Waals surface area contributed by atoms with Crippen molar-refractivity contribution >= 4 is 34.9 Å². The van der Waals surface area contributed by atoms with E-state index in [-0.39, 0.29) is 12.5 Å². The Morgan fingerprint density at radius 3 is 2.63 bits per heavy atom. The smallest absolute Gasteiger partial charge is 0.325 e. The van der Waals surface area contributed by atoms with Gasteiger partial charge in [-0.05, 0) is 25.1 Å². The summed E-state index contributed by atoms with van der Waals surface area (Å²) >= 11 is 11.9. The third-order valence-electron chi connectivity index (χ3n) is 2.46. The molecule has 0 atom stereocenters. The van der Waals surface area contributed by atoms with Gasteiger partial charge in [-0.3, -0.25) is 4.79 Å². The van der Waals surface area contributed by atoms with E-state index in [4.69, 9.17) is 32.7 Å². The van der Waals surface area contributed by atoms with Gasteiger partial charge in [0.2, 0.25) is 0 Å². The lowest BCUT2D eigenvalue weighted by Gasteiger charge is -2.23. The van der Waals surface area contributed by atoms with Gasteiger partial charge in [0.1, 0.15) is 6.54 Å². The molecule has 0 fully saturated rings. The van der Waals surface area contributed by atoms with E-state index < -0.39 is 0 Å². The van der Waals surface area contributed by atoms with Crippen LogP contribution in [0.5, 0.6) is 0 Å². The largest absolute Gasteiger partial charge is 0.465 e. The number of anilines is 1.